The quantitative estimate of drug-likeness (QED) is 0.420. The SMILES string of the molecule is CCCC[N+](CCC)(CCC)OC. The lowest BCUT2D eigenvalue weighted by Crippen LogP contribution is -2.48. The standard InChI is InChI=1S/C11H26NO/c1-5-8-11-12(13-4,9-6-2)10-7-3/h5-11H2,1-4H3/q+1. The minimum absolute atomic E-state index is 0.862. The van der Waals surface area contributed by atoms with Crippen molar-refractivity contribution in [3.8, 4) is 0 Å². The summed E-state index contributed by atoms with van der Waals surface area (Å²) in [6.07, 6.45) is 4.94. The molecule has 0 radical (unpaired) electrons. The van der Waals surface area contributed by atoms with Crippen molar-refractivity contribution >= 4 is 0 Å². The molecular formula is C11H26NO+. The third-order valence-corrected chi connectivity index (χ3v) is 2.57. The van der Waals surface area contributed by atoms with E-state index in [9.17, 15) is 0 Å². The van der Waals surface area contributed by atoms with Crippen LogP contribution in [0.2, 0.25) is 0 Å². The van der Waals surface area contributed by atoms with Crippen molar-refractivity contribution in [1.82, 2.24) is 0 Å². The molecule has 0 unspecified atom stereocenters. The fourth-order valence-corrected chi connectivity index (χ4v) is 1.87. The van der Waals surface area contributed by atoms with Gasteiger partial charge in [0.1, 0.15) is 19.6 Å². The minimum atomic E-state index is 0.862. The van der Waals surface area contributed by atoms with E-state index < -0.39 is 0 Å². The Kier molecular flexibility index (Phi) is 7.29. The molecule has 0 heterocycles. The van der Waals surface area contributed by atoms with Crippen molar-refractivity contribution in [3.63, 3.8) is 0 Å². The summed E-state index contributed by atoms with van der Waals surface area (Å²) in [5.41, 5.74) is 0. The smallest absolute Gasteiger partial charge is 0.109 e. The highest BCUT2D eigenvalue weighted by molar-refractivity contribution is 4.37. The lowest BCUT2D eigenvalue weighted by molar-refractivity contribution is -1.10. The second-order valence-corrected chi connectivity index (χ2v) is 3.77. The van der Waals surface area contributed by atoms with Gasteiger partial charge < -0.3 is 0 Å². The Balaban J connectivity index is 4.07. The molecule has 0 aliphatic rings. The minimum Gasteiger partial charge on any atom is -0.206 e. The van der Waals surface area contributed by atoms with E-state index in [1.54, 1.807) is 0 Å². The number of hydroxylamine groups is 3. The zero-order chi connectivity index (χ0) is 10.2. The average molecular weight is 188 g/mol. The van der Waals surface area contributed by atoms with Gasteiger partial charge in [-0.05, 0) is 19.3 Å². The molecule has 0 aromatic rings. The van der Waals surface area contributed by atoms with Gasteiger partial charge in [-0.3, -0.25) is 0 Å². The second-order valence-electron chi connectivity index (χ2n) is 3.77. The van der Waals surface area contributed by atoms with Crippen molar-refractivity contribution in [2.75, 3.05) is 26.7 Å². The molecule has 0 saturated heterocycles. The van der Waals surface area contributed by atoms with Gasteiger partial charge in [0, 0.05) is 0 Å². The van der Waals surface area contributed by atoms with E-state index in [4.69, 9.17) is 4.84 Å². The van der Waals surface area contributed by atoms with Gasteiger partial charge in [0.15, 0.2) is 0 Å². The molecular weight excluding hydrogens is 162 g/mol. The highest BCUT2D eigenvalue weighted by Gasteiger charge is 2.25. The topological polar surface area (TPSA) is 9.23 Å². The number of nitrogens with zero attached hydrogens (tertiary/aromatic N) is 1. The predicted molar refractivity (Wildman–Crippen MR) is 57.4 cm³/mol. The van der Waals surface area contributed by atoms with Gasteiger partial charge in [0.05, 0.1) is 7.11 Å². The zero-order valence-corrected chi connectivity index (χ0v) is 9.81. The van der Waals surface area contributed by atoms with Crippen LogP contribution in [0.5, 0.6) is 0 Å². The highest BCUT2D eigenvalue weighted by Crippen LogP contribution is 2.12. The first-order chi connectivity index (χ1) is 6.24. The van der Waals surface area contributed by atoms with Crippen LogP contribution in [0.1, 0.15) is 46.5 Å². The first kappa shape index (κ1) is 12.9. The Morgan fingerprint density at radius 2 is 1.38 bits per heavy atom. The van der Waals surface area contributed by atoms with Crippen LogP contribution in [0.15, 0.2) is 0 Å². The molecule has 0 rings (SSSR count). The Bertz CT molecular complexity index is 109. The largest absolute Gasteiger partial charge is 0.206 e. The van der Waals surface area contributed by atoms with Gasteiger partial charge in [-0.25, -0.2) is 4.84 Å². The fraction of sp³-hybridized carbons (Fsp3) is 1.00. The summed E-state index contributed by atoms with van der Waals surface area (Å²) < 4.78 is 0.862. The molecule has 13 heavy (non-hydrogen) atoms. The summed E-state index contributed by atoms with van der Waals surface area (Å²) in [5, 5.41) is 0. The number of quaternary nitrogens is 1. The number of unbranched alkanes of at least 4 members (excludes halogenated alkanes) is 1. The normalized spacial score (nSPS) is 12.0. The molecule has 0 amide bonds. The fourth-order valence-electron chi connectivity index (χ4n) is 1.87. The zero-order valence-electron chi connectivity index (χ0n) is 9.81. The summed E-state index contributed by atoms with van der Waals surface area (Å²) in [6.45, 7) is 10.2. The molecule has 0 N–H and O–H groups in total. The summed E-state index contributed by atoms with van der Waals surface area (Å²) >= 11 is 0. The van der Waals surface area contributed by atoms with Gasteiger partial charge >= 0.3 is 0 Å². The van der Waals surface area contributed by atoms with Gasteiger partial charge in [-0.1, -0.05) is 27.2 Å². The van der Waals surface area contributed by atoms with Crippen LogP contribution < -0.4 is 0 Å². The summed E-state index contributed by atoms with van der Waals surface area (Å²) in [5.74, 6) is 0. The van der Waals surface area contributed by atoms with E-state index in [2.05, 4.69) is 20.8 Å². The van der Waals surface area contributed by atoms with Crippen LogP contribution in [0.4, 0.5) is 0 Å². The molecule has 2 nitrogen and oxygen atoms in total. The number of hydrogen-bond acceptors (Lipinski definition) is 1. The molecule has 0 saturated carbocycles. The van der Waals surface area contributed by atoms with Gasteiger partial charge in [-0.2, -0.15) is 4.65 Å². The van der Waals surface area contributed by atoms with Crippen LogP contribution in [0.3, 0.4) is 0 Å². The Morgan fingerprint density at radius 3 is 1.69 bits per heavy atom. The second kappa shape index (κ2) is 7.34. The average Bonchev–Trinajstić information content (AvgIpc) is 2.15. The lowest BCUT2D eigenvalue weighted by Gasteiger charge is -2.33. The van der Waals surface area contributed by atoms with Crippen LogP contribution >= 0.6 is 0 Å². The number of hydrogen-bond donors (Lipinski definition) is 0. The van der Waals surface area contributed by atoms with Crippen molar-refractivity contribution in [3.05, 3.63) is 0 Å². The van der Waals surface area contributed by atoms with E-state index in [1.807, 2.05) is 7.11 Å². The first-order valence-corrected chi connectivity index (χ1v) is 5.66. The van der Waals surface area contributed by atoms with Crippen LogP contribution in [-0.2, 0) is 4.84 Å². The molecule has 0 spiro atoms. The maximum absolute atomic E-state index is 5.66. The third kappa shape index (κ3) is 4.63. The van der Waals surface area contributed by atoms with Crippen molar-refractivity contribution in [1.29, 1.82) is 0 Å². The predicted octanol–water partition coefficient (Wildman–Crippen LogP) is 2.98. The van der Waals surface area contributed by atoms with Crippen LogP contribution in [-0.4, -0.2) is 31.4 Å². The molecule has 0 bridgehead atoms. The van der Waals surface area contributed by atoms with E-state index in [-0.39, 0.29) is 0 Å². The third-order valence-electron chi connectivity index (χ3n) is 2.57. The molecule has 0 aliphatic carbocycles. The Morgan fingerprint density at radius 1 is 0.846 bits per heavy atom. The summed E-state index contributed by atoms with van der Waals surface area (Å²) in [7, 11) is 1.85. The van der Waals surface area contributed by atoms with Gasteiger partial charge in [0.25, 0.3) is 0 Å². The van der Waals surface area contributed by atoms with E-state index in [0.29, 0.717) is 0 Å². The highest BCUT2D eigenvalue weighted by atomic mass is 16.7. The van der Waals surface area contributed by atoms with Crippen molar-refractivity contribution < 1.29 is 9.48 Å². The lowest BCUT2D eigenvalue weighted by atomic mass is 10.2. The van der Waals surface area contributed by atoms with Crippen molar-refractivity contribution in [2.24, 2.45) is 0 Å². The van der Waals surface area contributed by atoms with Crippen LogP contribution in [0, 0.1) is 0 Å². The monoisotopic (exact) mass is 188 g/mol. The van der Waals surface area contributed by atoms with E-state index in [0.717, 1.165) is 17.7 Å². The van der Waals surface area contributed by atoms with Crippen molar-refractivity contribution in [2.45, 2.75) is 46.5 Å². The Labute approximate surface area is 83.4 Å². The summed E-state index contributed by atoms with van der Waals surface area (Å²) in [6, 6.07) is 0. The van der Waals surface area contributed by atoms with E-state index >= 15 is 0 Å². The van der Waals surface area contributed by atoms with Gasteiger partial charge in [-0.15, -0.1) is 0 Å². The van der Waals surface area contributed by atoms with Crippen LogP contribution in [0.25, 0.3) is 0 Å². The molecule has 2 heteroatoms. The summed E-state index contributed by atoms with van der Waals surface area (Å²) in [4.78, 5) is 5.66. The first-order valence-electron chi connectivity index (χ1n) is 5.66. The van der Waals surface area contributed by atoms with Gasteiger partial charge in [0.2, 0.25) is 0 Å². The molecule has 0 aromatic heterocycles. The number of rotatable bonds is 8. The Hall–Kier alpha value is -0.0800. The molecule has 80 valence electrons. The maximum Gasteiger partial charge on any atom is 0.109 e. The van der Waals surface area contributed by atoms with E-state index in [1.165, 1.54) is 32.2 Å². The molecule has 0 atom stereocenters. The maximum atomic E-state index is 5.66. The molecule has 0 aromatic carbocycles. The molecule has 0 fully saturated rings. The molecule has 0 aliphatic heterocycles.